The molecular formula is C13H18N2. The maximum absolute atomic E-state index is 3.20. The smallest absolute Gasteiger partial charge is 0.0369 e. The zero-order valence-corrected chi connectivity index (χ0v) is 9.29. The molecule has 0 unspecified atom stereocenters. The fourth-order valence-electron chi connectivity index (χ4n) is 2.51. The van der Waals surface area contributed by atoms with Crippen LogP contribution in [0.25, 0.3) is 0 Å². The van der Waals surface area contributed by atoms with Gasteiger partial charge in [-0.1, -0.05) is 12.1 Å². The molecule has 2 nitrogen and oxygen atoms in total. The summed E-state index contributed by atoms with van der Waals surface area (Å²) in [6, 6.07) is 8.90. The molecule has 80 valence electrons. The van der Waals surface area contributed by atoms with Crippen molar-refractivity contribution < 1.29 is 0 Å². The summed E-state index contributed by atoms with van der Waals surface area (Å²) < 4.78 is 0. The van der Waals surface area contributed by atoms with Crippen molar-refractivity contribution in [2.24, 2.45) is 5.41 Å². The monoisotopic (exact) mass is 202 g/mol. The van der Waals surface area contributed by atoms with Crippen molar-refractivity contribution in [3.8, 4) is 0 Å². The summed E-state index contributed by atoms with van der Waals surface area (Å²) in [7, 11) is 2.00. The largest absolute Gasteiger partial charge is 0.370 e. The third kappa shape index (κ3) is 1.63. The van der Waals surface area contributed by atoms with Gasteiger partial charge in [0.25, 0.3) is 0 Å². The molecular weight excluding hydrogens is 184 g/mol. The van der Waals surface area contributed by atoms with E-state index in [1.165, 1.54) is 37.2 Å². The maximum Gasteiger partial charge on any atom is 0.0369 e. The van der Waals surface area contributed by atoms with Gasteiger partial charge < -0.3 is 10.2 Å². The molecule has 2 aliphatic rings. The van der Waals surface area contributed by atoms with E-state index in [1.54, 1.807) is 0 Å². The number of nitrogens with one attached hydrogen (secondary N) is 1. The Labute approximate surface area is 91.3 Å². The Morgan fingerprint density at radius 1 is 1.33 bits per heavy atom. The second-order valence-corrected chi connectivity index (χ2v) is 5.06. The summed E-state index contributed by atoms with van der Waals surface area (Å²) in [5.41, 5.74) is 3.53. The lowest BCUT2D eigenvalue weighted by Gasteiger charge is -2.42. The highest BCUT2D eigenvalue weighted by Gasteiger charge is 2.52. The Kier molecular flexibility index (Phi) is 1.99. The molecule has 1 saturated heterocycles. The minimum absolute atomic E-state index is 0.749. The lowest BCUT2D eigenvalue weighted by atomic mass is 9.96. The number of anilines is 1. The van der Waals surface area contributed by atoms with Crippen LogP contribution in [-0.2, 0) is 6.54 Å². The predicted octanol–water partition coefficient (Wildman–Crippen LogP) is 2.01. The zero-order chi connectivity index (χ0) is 10.3. The van der Waals surface area contributed by atoms with Crippen molar-refractivity contribution >= 4 is 5.69 Å². The van der Waals surface area contributed by atoms with Crippen molar-refractivity contribution in [2.45, 2.75) is 19.4 Å². The summed E-state index contributed by atoms with van der Waals surface area (Å²) >= 11 is 0. The van der Waals surface area contributed by atoms with E-state index >= 15 is 0 Å². The van der Waals surface area contributed by atoms with Crippen molar-refractivity contribution in [2.75, 3.05) is 25.0 Å². The fraction of sp³-hybridized carbons (Fsp3) is 0.538. The molecule has 3 rings (SSSR count). The van der Waals surface area contributed by atoms with E-state index in [2.05, 4.69) is 34.5 Å². The van der Waals surface area contributed by atoms with Crippen LogP contribution in [-0.4, -0.2) is 20.1 Å². The summed E-state index contributed by atoms with van der Waals surface area (Å²) in [4.78, 5) is 2.51. The third-order valence-electron chi connectivity index (χ3n) is 3.67. The molecule has 1 aromatic carbocycles. The Morgan fingerprint density at radius 3 is 2.80 bits per heavy atom. The molecule has 2 fully saturated rings. The van der Waals surface area contributed by atoms with Crippen LogP contribution in [0.4, 0.5) is 5.69 Å². The van der Waals surface area contributed by atoms with Gasteiger partial charge in [0, 0.05) is 30.7 Å². The molecule has 1 aromatic rings. The lowest BCUT2D eigenvalue weighted by Crippen LogP contribution is -2.48. The zero-order valence-electron chi connectivity index (χ0n) is 9.29. The molecule has 1 N–H and O–H groups in total. The van der Waals surface area contributed by atoms with Crippen LogP contribution in [0.15, 0.2) is 24.3 Å². The van der Waals surface area contributed by atoms with Gasteiger partial charge in [-0.3, -0.25) is 0 Å². The second-order valence-electron chi connectivity index (χ2n) is 5.06. The number of hydrogen-bond acceptors (Lipinski definition) is 2. The molecule has 1 saturated carbocycles. The maximum atomic E-state index is 3.20. The van der Waals surface area contributed by atoms with Gasteiger partial charge in [0.15, 0.2) is 0 Å². The summed E-state index contributed by atoms with van der Waals surface area (Å²) in [5, 5.41) is 3.20. The summed E-state index contributed by atoms with van der Waals surface area (Å²) in [6.07, 6.45) is 2.92. The van der Waals surface area contributed by atoms with Gasteiger partial charge in [0.2, 0.25) is 0 Å². The number of rotatable bonds is 3. The van der Waals surface area contributed by atoms with E-state index in [1.807, 2.05) is 7.05 Å². The van der Waals surface area contributed by atoms with Crippen LogP contribution in [0.3, 0.4) is 0 Å². The normalized spacial score (nSPS) is 21.5. The van der Waals surface area contributed by atoms with Gasteiger partial charge in [0.1, 0.15) is 0 Å². The second kappa shape index (κ2) is 3.24. The minimum Gasteiger partial charge on any atom is -0.370 e. The number of benzene rings is 1. The van der Waals surface area contributed by atoms with Crippen LogP contribution < -0.4 is 10.2 Å². The Hall–Kier alpha value is -1.02. The van der Waals surface area contributed by atoms with Crippen molar-refractivity contribution in [1.82, 2.24) is 5.32 Å². The lowest BCUT2D eigenvalue weighted by molar-refractivity contribution is 0.387. The number of hydrogen-bond donors (Lipinski definition) is 1. The average molecular weight is 202 g/mol. The molecule has 1 heterocycles. The molecule has 15 heavy (non-hydrogen) atoms. The highest BCUT2D eigenvalue weighted by Crippen LogP contribution is 2.53. The van der Waals surface area contributed by atoms with Crippen LogP contribution in [0, 0.1) is 5.41 Å². The van der Waals surface area contributed by atoms with Crippen LogP contribution in [0.1, 0.15) is 18.4 Å². The van der Waals surface area contributed by atoms with E-state index in [9.17, 15) is 0 Å². The molecule has 0 radical (unpaired) electrons. The first-order valence-corrected chi connectivity index (χ1v) is 5.80. The number of nitrogens with zero attached hydrogens (tertiary/aromatic N) is 1. The van der Waals surface area contributed by atoms with Gasteiger partial charge in [-0.15, -0.1) is 0 Å². The van der Waals surface area contributed by atoms with Crippen LogP contribution in [0.2, 0.25) is 0 Å². The van der Waals surface area contributed by atoms with Gasteiger partial charge in [-0.2, -0.15) is 0 Å². The first-order chi connectivity index (χ1) is 7.31. The molecule has 0 bridgehead atoms. The van der Waals surface area contributed by atoms with Gasteiger partial charge >= 0.3 is 0 Å². The van der Waals surface area contributed by atoms with E-state index in [-0.39, 0.29) is 0 Å². The molecule has 0 aromatic heterocycles. The Bertz CT molecular complexity index is 361. The van der Waals surface area contributed by atoms with Crippen LogP contribution >= 0.6 is 0 Å². The highest BCUT2D eigenvalue weighted by atomic mass is 15.2. The van der Waals surface area contributed by atoms with E-state index < -0.39 is 0 Å². The summed E-state index contributed by atoms with van der Waals surface area (Å²) in [6.45, 7) is 3.54. The van der Waals surface area contributed by atoms with Crippen molar-refractivity contribution in [3.05, 3.63) is 29.8 Å². The SMILES string of the molecule is CNCc1cccc(N2CC3(CC3)C2)c1. The average Bonchev–Trinajstić information content (AvgIpc) is 2.96. The Morgan fingerprint density at radius 2 is 2.13 bits per heavy atom. The van der Waals surface area contributed by atoms with Crippen molar-refractivity contribution in [3.63, 3.8) is 0 Å². The summed E-state index contributed by atoms with van der Waals surface area (Å²) in [5.74, 6) is 0. The highest BCUT2D eigenvalue weighted by molar-refractivity contribution is 5.52. The first kappa shape index (κ1) is 9.22. The molecule has 1 aliphatic carbocycles. The quantitative estimate of drug-likeness (QED) is 0.806. The van der Waals surface area contributed by atoms with Crippen LogP contribution in [0.5, 0.6) is 0 Å². The Balaban J connectivity index is 1.71. The third-order valence-corrected chi connectivity index (χ3v) is 3.67. The van der Waals surface area contributed by atoms with Gasteiger partial charge in [-0.05, 0) is 37.6 Å². The van der Waals surface area contributed by atoms with Gasteiger partial charge in [-0.25, -0.2) is 0 Å². The van der Waals surface area contributed by atoms with E-state index in [4.69, 9.17) is 0 Å². The van der Waals surface area contributed by atoms with Crippen molar-refractivity contribution in [1.29, 1.82) is 0 Å². The molecule has 1 spiro atoms. The predicted molar refractivity (Wildman–Crippen MR) is 63.1 cm³/mol. The first-order valence-electron chi connectivity index (χ1n) is 5.80. The molecule has 2 heteroatoms. The standard InChI is InChI=1S/C13H18N2/c1-14-8-11-3-2-4-12(7-11)15-9-13(10-15)5-6-13/h2-4,7,14H,5-6,8-10H2,1H3. The van der Waals surface area contributed by atoms with E-state index in [0.717, 1.165) is 12.0 Å². The molecule has 0 atom stereocenters. The topological polar surface area (TPSA) is 15.3 Å². The molecule has 1 aliphatic heterocycles. The fourth-order valence-corrected chi connectivity index (χ4v) is 2.51. The van der Waals surface area contributed by atoms with E-state index in [0.29, 0.717) is 0 Å². The molecule has 0 amide bonds. The van der Waals surface area contributed by atoms with Gasteiger partial charge in [0.05, 0.1) is 0 Å². The minimum atomic E-state index is 0.749.